The maximum Gasteiger partial charge on any atom is 0.224 e. The largest absolute Gasteiger partial charge is 0.348 e. The van der Waals surface area contributed by atoms with E-state index in [9.17, 15) is 4.79 Å². The number of benzene rings is 1. The molecule has 0 saturated carbocycles. The number of hydrogen-bond donors (Lipinski definition) is 1. The molecule has 1 aliphatic heterocycles. The van der Waals surface area contributed by atoms with Gasteiger partial charge in [-0.15, -0.1) is 0 Å². The van der Waals surface area contributed by atoms with Crippen LogP contribution in [-0.4, -0.2) is 28.9 Å². The zero-order chi connectivity index (χ0) is 16.8. The minimum absolute atomic E-state index is 0.0526. The van der Waals surface area contributed by atoms with Gasteiger partial charge in [-0.05, 0) is 44.0 Å². The number of carbonyl (C=O) groups excluding carboxylic acids is 1. The number of hydrogen-bond acceptors (Lipinski definition) is 3. The zero-order valence-electron chi connectivity index (χ0n) is 14.2. The Balaban J connectivity index is 1.55. The van der Waals surface area contributed by atoms with Crippen LogP contribution in [0.4, 0.5) is 0 Å². The summed E-state index contributed by atoms with van der Waals surface area (Å²) in [5.74, 6) is 0.208. The topological polar surface area (TPSA) is 45.2 Å². The van der Waals surface area contributed by atoms with Crippen molar-refractivity contribution in [2.24, 2.45) is 5.92 Å². The number of pyridine rings is 1. The molecule has 4 heteroatoms. The van der Waals surface area contributed by atoms with Gasteiger partial charge in [-0.25, -0.2) is 0 Å². The molecule has 0 unspecified atom stereocenters. The van der Waals surface area contributed by atoms with Gasteiger partial charge in [0.1, 0.15) is 0 Å². The van der Waals surface area contributed by atoms with Crippen LogP contribution in [0.3, 0.4) is 0 Å². The molecule has 1 aromatic carbocycles. The SMILES string of the molecule is C[C@H](NC(=O)[C@@H]1CCCN(Cc2ccccc2)C1)c1ccccn1. The van der Waals surface area contributed by atoms with E-state index in [0.717, 1.165) is 38.2 Å². The number of piperidine rings is 1. The van der Waals surface area contributed by atoms with Crippen molar-refractivity contribution >= 4 is 5.91 Å². The van der Waals surface area contributed by atoms with E-state index in [0.29, 0.717) is 0 Å². The van der Waals surface area contributed by atoms with Crippen molar-refractivity contribution in [2.75, 3.05) is 13.1 Å². The Labute approximate surface area is 143 Å². The second-order valence-electron chi connectivity index (χ2n) is 6.54. The van der Waals surface area contributed by atoms with E-state index in [4.69, 9.17) is 0 Å². The first-order chi connectivity index (χ1) is 11.7. The molecule has 2 aromatic rings. The van der Waals surface area contributed by atoms with Crippen LogP contribution in [0.15, 0.2) is 54.7 Å². The van der Waals surface area contributed by atoms with Crippen LogP contribution >= 0.6 is 0 Å². The van der Waals surface area contributed by atoms with Gasteiger partial charge in [0.15, 0.2) is 0 Å². The Morgan fingerprint density at radius 2 is 2.04 bits per heavy atom. The highest BCUT2D eigenvalue weighted by atomic mass is 16.2. The van der Waals surface area contributed by atoms with E-state index in [2.05, 4.69) is 39.5 Å². The van der Waals surface area contributed by atoms with Gasteiger partial charge in [-0.1, -0.05) is 36.4 Å². The van der Waals surface area contributed by atoms with Crippen molar-refractivity contribution in [3.8, 4) is 0 Å². The summed E-state index contributed by atoms with van der Waals surface area (Å²) in [6.45, 7) is 4.80. The molecule has 4 nitrogen and oxygen atoms in total. The van der Waals surface area contributed by atoms with Crippen LogP contribution < -0.4 is 5.32 Å². The first-order valence-corrected chi connectivity index (χ1v) is 8.70. The molecule has 1 saturated heterocycles. The fourth-order valence-electron chi connectivity index (χ4n) is 3.29. The number of nitrogens with one attached hydrogen (secondary N) is 1. The van der Waals surface area contributed by atoms with Crippen LogP contribution in [0.2, 0.25) is 0 Å². The Hall–Kier alpha value is -2.20. The van der Waals surface area contributed by atoms with Gasteiger partial charge in [0, 0.05) is 19.3 Å². The van der Waals surface area contributed by atoms with Gasteiger partial charge in [0.05, 0.1) is 17.7 Å². The van der Waals surface area contributed by atoms with Crippen LogP contribution in [-0.2, 0) is 11.3 Å². The molecular weight excluding hydrogens is 298 g/mol. The lowest BCUT2D eigenvalue weighted by molar-refractivity contribution is -0.127. The molecule has 1 aliphatic rings. The second-order valence-corrected chi connectivity index (χ2v) is 6.54. The quantitative estimate of drug-likeness (QED) is 0.919. The van der Waals surface area contributed by atoms with Crippen molar-refractivity contribution in [2.45, 2.75) is 32.4 Å². The molecule has 2 heterocycles. The molecule has 0 radical (unpaired) electrons. The molecule has 0 aliphatic carbocycles. The molecule has 126 valence electrons. The molecule has 3 rings (SSSR count). The van der Waals surface area contributed by atoms with Gasteiger partial charge in [-0.2, -0.15) is 0 Å². The molecule has 1 aromatic heterocycles. The van der Waals surface area contributed by atoms with Crippen LogP contribution in [0.1, 0.15) is 37.1 Å². The first kappa shape index (κ1) is 16.7. The smallest absolute Gasteiger partial charge is 0.224 e. The molecule has 0 bridgehead atoms. The Kier molecular flexibility index (Phi) is 5.59. The molecule has 1 N–H and O–H groups in total. The standard InChI is InChI=1S/C20H25N3O/c1-16(19-11-5-6-12-21-19)22-20(24)18-10-7-13-23(15-18)14-17-8-3-2-4-9-17/h2-6,8-9,11-12,16,18H,7,10,13-15H2,1H3,(H,22,24)/t16-,18+/m0/s1. The summed E-state index contributed by atoms with van der Waals surface area (Å²) in [7, 11) is 0. The molecule has 1 amide bonds. The minimum Gasteiger partial charge on any atom is -0.348 e. The lowest BCUT2D eigenvalue weighted by Gasteiger charge is -2.32. The van der Waals surface area contributed by atoms with E-state index < -0.39 is 0 Å². The Morgan fingerprint density at radius 1 is 1.25 bits per heavy atom. The summed E-state index contributed by atoms with van der Waals surface area (Å²) in [5, 5.41) is 3.12. The maximum atomic E-state index is 12.6. The van der Waals surface area contributed by atoms with Crippen molar-refractivity contribution in [1.82, 2.24) is 15.2 Å². The van der Waals surface area contributed by atoms with E-state index in [-0.39, 0.29) is 17.9 Å². The van der Waals surface area contributed by atoms with Crippen LogP contribution in [0, 0.1) is 5.92 Å². The third-order valence-electron chi connectivity index (χ3n) is 4.62. The van der Waals surface area contributed by atoms with E-state index in [1.807, 2.05) is 31.2 Å². The molecule has 2 atom stereocenters. The van der Waals surface area contributed by atoms with Crippen molar-refractivity contribution in [3.05, 3.63) is 66.0 Å². The number of nitrogens with zero attached hydrogens (tertiary/aromatic N) is 2. The summed E-state index contributed by atoms with van der Waals surface area (Å²) >= 11 is 0. The highest BCUT2D eigenvalue weighted by Crippen LogP contribution is 2.20. The number of aromatic nitrogens is 1. The van der Waals surface area contributed by atoms with Gasteiger partial charge < -0.3 is 5.32 Å². The zero-order valence-corrected chi connectivity index (χ0v) is 14.2. The van der Waals surface area contributed by atoms with Crippen molar-refractivity contribution < 1.29 is 4.79 Å². The average Bonchev–Trinajstić information content (AvgIpc) is 2.63. The Morgan fingerprint density at radius 3 is 2.79 bits per heavy atom. The monoisotopic (exact) mass is 323 g/mol. The summed E-state index contributed by atoms with van der Waals surface area (Å²) in [5.41, 5.74) is 2.21. The average molecular weight is 323 g/mol. The summed E-state index contributed by atoms with van der Waals surface area (Å²) in [4.78, 5) is 19.3. The molecule has 24 heavy (non-hydrogen) atoms. The second kappa shape index (κ2) is 8.06. The summed E-state index contributed by atoms with van der Waals surface area (Å²) in [6, 6.07) is 16.2. The van der Waals surface area contributed by atoms with Gasteiger partial charge >= 0.3 is 0 Å². The normalized spacial score (nSPS) is 19.6. The van der Waals surface area contributed by atoms with E-state index in [1.54, 1.807) is 6.20 Å². The fourth-order valence-corrected chi connectivity index (χ4v) is 3.29. The van der Waals surface area contributed by atoms with Gasteiger partial charge in [0.2, 0.25) is 5.91 Å². The van der Waals surface area contributed by atoms with E-state index in [1.165, 1.54) is 5.56 Å². The summed E-state index contributed by atoms with van der Waals surface area (Å²) < 4.78 is 0. The Bertz CT molecular complexity index is 644. The fraction of sp³-hybridized carbons (Fsp3) is 0.400. The van der Waals surface area contributed by atoms with Gasteiger partial charge in [0.25, 0.3) is 0 Å². The highest BCUT2D eigenvalue weighted by molar-refractivity contribution is 5.79. The maximum absolute atomic E-state index is 12.6. The number of rotatable bonds is 5. The third kappa shape index (κ3) is 4.42. The first-order valence-electron chi connectivity index (χ1n) is 8.70. The molecular formula is C20H25N3O. The lowest BCUT2D eigenvalue weighted by atomic mass is 9.96. The number of carbonyl (C=O) groups is 1. The molecule has 0 spiro atoms. The van der Waals surface area contributed by atoms with Crippen LogP contribution in [0.25, 0.3) is 0 Å². The van der Waals surface area contributed by atoms with Crippen LogP contribution in [0.5, 0.6) is 0 Å². The summed E-state index contributed by atoms with van der Waals surface area (Å²) in [6.07, 6.45) is 3.80. The predicted molar refractivity (Wildman–Crippen MR) is 95.2 cm³/mol. The van der Waals surface area contributed by atoms with E-state index >= 15 is 0 Å². The minimum atomic E-state index is -0.0526. The van der Waals surface area contributed by atoms with Crippen molar-refractivity contribution in [3.63, 3.8) is 0 Å². The third-order valence-corrected chi connectivity index (χ3v) is 4.62. The molecule has 1 fully saturated rings. The highest BCUT2D eigenvalue weighted by Gasteiger charge is 2.26. The van der Waals surface area contributed by atoms with Gasteiger partial charge in [-0.3, -0.25) is 14.7 Å². The number of amides is 1. The number of likely N-dealkylation sites (tertiary alicyclic amines) is 1. The lowest BCUT2D eigenvalue weighted by Crippen LogP contribution is -2.43. The van der Waals surface area contributed by atoms with Crippen molar-refractivity contribution in [1.29, 1.82) is 0 Å². The predicted octanol–water partition coefficient (Wildman–Crippen LogP) is 3.17.